The van der Waals surface area contributed by atoms with Crippen LogP contribution in [0.5, 0.6) is 0 Å². The molecule has 160 valence electrons. The maximum atomic E-state index is 13.1. The van der Waals surface area contributed by atoms with Crippen LogP contribution in [-0.2, 0) is 23.1 Å². The van der Waals surface area contributed by atoms with Gasteiger partial charge in [-0.3, -0.25) is 0 Å². The highest BCUT2D eigenvalue weighted by Crippen LogP contribution is 2.26. The highest BCUT2D eigenvalue weighted by atomic mass is 32.2. The van der Waals surface area contributed by atoms with Crippen molar-refractivity contribution >= 4 is 26.7 Å². The Labute approximate surface area is 179 Å². The number of imidazole rings is 1. The summed E-state index contributed by atoms with van der Waals surface area (Å²) in [4.78, 5) is 5.13. The minimum atomic E-state index is -3.46. The zero-order chi connectivity index (χ0) is 21.3. The summed E-state index contributed by atoms with van der Waals surface area (Å²) in [5, 5.41) is 3.49. The summed E-state index contributed by atoms with van der Waals surface area (Å²) in [5.41, 5.74) is 5.27. The molecule has 0 aliphatic carbocycles. The molecule has 2 heterocycles. The molecule has 1 aliphatic heterocycles. The largest absolute Gasteiger partial charge is 0.378 e. The first-order valence-electron chi connectivity index (χ1n) is 10.7. The van der Waals surface area contributed by atoms with Gasteiger partial charge in [0.2, 0.25) is 10.0 Å². The van der Waals surface area contributed by atoms with E-state index in [0.717, 1.165) is 48.4 Å². The molecule has 0 unspecified atom stereocenters. The highest BCUT2D eigenvalue weighted by Gasteiger charge is 2.26. The number of anilines is 1. The summed E-state index contributed by atoms with van der Waals surface area (Å²) >= 11 is 0. The van der Waals surface area contributed by atoms with Gasteiger partial charge in [0.15, 0.2) is 0 Å². The zero-order valence-corrected chi connectivity index (χ0v) is 18.8. The lowest BCUT2D eigenvalue weighted by Crippen LogP contribution is -2.35. The topological polar surface area (TPSA) is 67.2 Å². The van der Waals surface area contributed by atoms with Gasteiger partial charge in [0.05, 0.1) is 22.5 Å². The van der Waals surface area contributed by atoms with Crippen LogP contribution in [0, 0.1) is 13.8 Å². The summed E-state index contributed by atoms with van der Waals surface area (Å²) in [5.74, 6) is 0.904. The van der Waals surface area contributed by atoms with Crippen LogP contribution in [0.4, 0.5) is 5.69 Å². The van der Waals surface area contributed by atoms with Gasteiger partial charge in [-0.2, -0.15) is 4.31 Å². The predicted octanol–water partition coefficient (Wildman–Crippen LogP) is 4.46. The molecule has 0 bridgehead atoms. The lowest BCUT2D eigenvalue weighted by molar-refractivity contribution is 0.346. The predicted molar refractivity (Wildman–Crippen MR) is 121 cm³/mol. The Morgan fingerprint density at radius 1 is 1.07 bits per heavy atom. The van der Waals surface area contributed by atoms with Crippen molar-refractivity contribution in [2.24, 2.45) is 0 Å². The Kier molecular flexibility index (Phi) is 5.84. The van der Waals surface area contributed by atoms with Crippen LogP contribution in [0.15, 0.2) is 41.3 Å². The Balaban J connectivity index is 1.64. The molecule has 1 saturated heterocycles. The van der Waals surface area contributed by atoms with Crippen LogP contribution in [0.3, 0.4) is 0 Å². The Morgan fingerprint density at radius 3 is 2.57 bits per heavy atom. The van der Waals surface area contributed by atoms with E-state index < -0.39 is 10.0 Å². The molecule has 0 saturated carbocycles. The molecule has 1 fully saturated rings. The summed E-state index contributed by atoms with van der Waals surface area (Å²) in [6.45, 7) is 8.87. The van der Waals surface area contributed by atoms with Crippen molar-refractivity contribution < 1.29 is 8.42 Å². The third-order valence-electron chi connectivity index (χ3n) is 6.11. The van der Waals surface area contributed by atoms with E-state index in [4.69, 9.17) is 4.98 Å². The van der Waals surface area contributed by atoms with Crippen LogP contribution in [-0.4, -0.2) is 35.4 Å². The summed E-state index contributed by atoms with van der Waals surface area (Å²) < 4.78 is 29.9. The van der Waals surface area contributed by atoms with E-state index >= 15 is 0 Å². The SMILES string of the molecule is CCn1c(CNc2cccc(C)c2C)nc2cc(S(=O)(=O)N3CCCCC3)ccc21. The van der Waals surface area contributed by atoms with Crippen molar-refractivity contribution in [3.63, 3.8) is 0 Å². The van der Waals surface area contributed by atoms with E-state index in [1.807, 2.05) is 12.1 Å². The zero-order valence-electron chi connectivity index (χ0n) is 18.0. The fourth-order valence-corrected chi connectivity index (χ4v) is 5.72. The van der Waals surface area contributed by atoms with Crippen molar-refractivity contribution in [2.75, 3.05) is 18.4 Å². The fourth-order valence-electron chi connectivity index (χ4n) is 4.18. The smallest absolute Gasteiger partial charge is 0.243 e. The lowest BCUT2D eigenvalue weighted by atomic mass is 10.1. The molecule has 4 rings (SSSR count). The Hall–Kier alpha value is -2.38. The van der Waals surface area contributed by atoms with Crippen LogP contribution < -0.4 is 5.32 Å². The molecule has 1 aliphatic rings. The molecule has 6 nitrogen and oxygen atoms in total. The lowest BCUT2D eigenvalue weighted by Gasteiger charge is -2.25. The third kappa shape index (κ3) is 3.84. The number of aromatic nitrogens is 2. The first-order chi connectivity index (χ1) is 14.4. The van der Waals surface area contributed by atoms with Gasteiger partial charge < -0.3 is 9.88 Å². The second-order valence-electron chi connectivity index (χ2n) is 7.99. The van der Waals surface area contributed by atoms with Gasteiger partial charge in [0.25, 0.3) is 0 Å². The first kappa shape index (κ1) is 20.9. The normalized spacial score (nSPS) is 15.6. The summed E-state index contributed by atoms with van der Waals surface area (Å²) in [6.07, 6.45) is 2.96. The number of fused-ring (bicyclic) bond motifs is 1. The average molecular weight is 427 g/mol. The van der Waals surface area contributed by atoms with Gasteiger partial charge in [-0.15, -0.1) is 0 Å². The van der Waals surface area contributed by atoms with Crippen molar-refractivity contribution in [1.82, 2.24) is 13.9 Å². The number of nitrogens with one attached hydrogen (secondary N) is 1. The van der Waals surface area contributed by atoms with E-state index in [-0.39, 0.29) is 0 Å². The van der Waals surface area contributed by atoms with Gasteiger partial charge in [-0.1, -0.05) is 18.6 Å². The molecular weight excluding hydrogens is 396 g/mol. The monoisotopic (exact) mass is 426 g/mol. The number of piperidine rings is 1. The first-order valence-corrected chi connectivity index (χ1v) is 12.1. The minimum Gasteiger partial charge on any atom is -0.378 e. The van der Waals surface area contributed by atoms with Gasteiger partial charge in [0, 0.05) is 25.3 Å². The van der Waals surface area contributed by atoms with E-state index in [1.54, 1.807) is 16.4 Å². The Bertz CT molecular complexity index is 1160. The number of nitrogens with zero attached hydrogens (tertiary/aromatic N) is 3. The molecule has 0 radical (unpaired) electrons. The van der Waals surface area contributed by atoms with Crippen LogP contribution in [0.2, 0.25) is 0 Å². The number of benzene rings is 2. The van der Waals surface area contributed by atoms with E-state index in [1.165, 1.54) is 11.1 Å². The molecular formula is C23H30N4O2S. The van der Waals surface area contributed by atoms with Gasteiger partial charge in [-0.25, -0.2) is 13.4 Å². The molecule has 1 aromatic heterocycles. The van der Waals surface area contributed by atoms with E-state index in [9.17, 15) is 8.42 Å². The molecule has 30 heavy (non-hydrogen) atoms. The molecule has 7 heteroatoms. The van der Waals surface area contributed by atoms with Crippen molar-refractivity contribution in [1.29, 1.82) is 0 Å². The second-order valence-corrected chi connectivity index (χ2v) is 9.93. The summed E-state index contributed by atoms with van der Waals surface area (Å²) in [6, 6.07) is 11.6. The maximum absolute atomic E-state index is 13.1. The number of sulfonamides is 1. The van der Waals surface area contributed by atoms with Crippen LogP contribution >= 0.6 is 0 Å². The van der Waals surface area contributed by atoms with Crippen LogP contribution in [0.1, 0.15) is 43.1 Å². The van der Waals surface area contributed by atoms with Crippen molar-refractivity contribution in [3.05, 3.63) is 53.3 Å². The molecule has 0 atom stereocenters. The van der Waals surface area contributed by atoms with E-state index in [2.05, 4.69) is 42.8 Å². The standard InChI is InChI=1S/C23H30N4O2S/c1-4-27-22-12-11-19(30(28,29)26-13-6-5-7-14-26)15-21(22)25-23(27)16-24-20-10-8-9-17(2)18(20)3/h8-12,15,24H,4-7,13-14,16H2,1-3H3. The average Bonchev–Trinajstić information content (AvgIpc) is 3.12. The number of rotatable bonds is 6. The molecule has 1 N–H and O–H groups in total. The molecule has 3 aromatic rings. The number of aryl methyl sites for hydroxylation is 2. The fraction of sp³-hybridized carbons (Fsp3) is 0.435. The maximum Gasteiger partial charge on any atom is 0.243 e. The number of hydrogen-bond donors (Lipinski definition) is 1. The van der Waals surface area contributed by atoms with Crippen molar-refractivity contribution in [3.8, 4) is 0 Å². The quantitative estimate of drug-likeness (QED) is 0.632. The second kappa shape index (κ2) is 8.40. The van der Waals surface area contributed by atoms with Gasteiger partial charge >= 0.3 is 0 Å². The van der Waals surface area contributed by atoms with E-state index in [0.29, 0.717) is 24.5 Å². The molecule has 0 amide bonds. The third-order valence-corrected chi connectivity index (χ3v) is 8.00. The minimum absolute atomic E-state index is 0.340. The Morgan fingerprint density at radius 2 is 1.83 bits per heavy atom. The van der Waals surface area contributed by atoms with Gasteiger partial charge in [-0.05, 0) is 69.0 Å². The molecule has 0 spiro atoms. The molecule has 2 aromatic carbocycles. The van der Waals surface area contributed by atoms with Crippen molar-refractivity contribution in [2.45, 2.75) is 58.0 Å². The van der Waals surface area contributed by atoms with Crippen LogP contribution in [0.25, 0.3) is 11.0 Å². The number of hydrogen-bond acceptors (Lipinski definition) is 4. The highest BCUT2D eigenvalue weighted by molar-refractivity contribution is 7.89. The summed E-state index contributed by atoms with van der Waals surface area (Å²) in [7, 11) is -3.46. The van der Waals surface area contributed by atoms with Gasteiger partial charge in [0.1, 0.15) is 5.82 Å².